The van der Waals surface area contributed by atoms with Gasteiger partial charge in [0, 0.05) is 42.3 Å². The van der Waals surface area contributed by atoms with Crippen LogP contribution in [0.5, 0.6) is 0 Å². The lowest BCUT2D eigenvalue weighted by atomic mass is 9.95. The van der Waals surface area contributed by atoms with Crippen molar-refractivity contribution in [2.45, 2.75) is 19.5 Å². The number of carbonyl (C=O) groups is 1. The van der Waals surface area contributed by atoms with Gasteiger partial charge in [-0.05, 0) is 37.6 Å². The minimum absolute atomic E-state index is 0.0389. The van der Waals surface area contributed by atoms with E-state index < -0.39 is 23.3 Å². The predicted molar refractivity (Wildman–Crippen MR) is 111 cm³/mol. The van der Waals surface area contributed by atoms with Gasteiger partial charge >= 0.3 is 0 Å². The summed E-state index contributed by atoms with van der Waals surface area (Å²) in [6, 6.07) is 1.73. The highest BCUT2D eigenvalue weighted by Gasteiger charge is 2.37. The van der Waals surface area contributed by atoms with E-state index in [0.29, 0.717) is 22.7 Å². The molecule has 1 saturated heterocycles. The highest BCUT2D eigenvalue weighted by atomic mass is 19.2. The van der Waals surface area contributed by atoms with Crippen LogP contribution in [0.15, 0.2) is 53.3 Å². The van der Waals surface area contributed by atoms with Crippen LogP contribution in [0.1, 0.15) is 18.9 Å². The molecule has 0 spiro atoms. The van der Waals surface area contributed by atoms with Crippen molar-refractivity contribution in [3.63, 3.8) is 0 Å². The zero-order valence-corrected chi connectivity index (χ0v) is 17.4. The average Bonchev–Trinajstić information content (AvgIpc) is 3.07. The molecule has 1 fully saturated rings. The molecule has 168 valence electrons. The van der Waals surface area contributed by atoms with Gasteiger partial charge in [-0.1, -0.05) is 0 Å². The molecule has 1 amide bonds. The van der Waals surface area contributed by atoms with Crippen molar-refractivity contribution in [3.05, 3.63) is 76.3 Å². The molecule has 3 heterocycles. The van der Waals surface area contributed by atoms with E-state index in [2.05, 4.69) is 10.6 Å². The van der Waals surface area contributed by atoms with E-state index in [0.717, 1.165) is 12.1 Å². The molecule has 3 N–H and O–H groups in total. The number of benzene rings is 1. The summed E-state index contributed by atoms with van der Waals surface area (Å²) >= 11 is 0. The summed E-state index contributed by atoms with van der Waals surface area (Å²) in [5.41, 5.74) is 1.82. The first-order valence-corrected chi connectivity index (χ1v) is 9.95. The highest BCUT2D eigenvalue weighted by molar-refractivity contribution is 6.08. The van der Waals surface area contributed by atoms with Crippen LogP contribution in [0.4, 0.5) is 17.6 Å². The van der Waals surface area contributed by atoms with E-state index in [1.54, 1.807) is 13.0 Å². The van der Waals surface area contributed by atoms with Crippen molar-refractivity contribution in [2.75, 3.05) is 20.1 Å². The van der Waals surface area contributed by atoms with E-state index in [4.69, 9.17) is 5.41 Å². The van der Waals surface area contributed by atoms with E-state index >= 15 is 0 Å². The first-order valence-electron chi connectivity index (χ1n) is 9.95. The number of hydrogen-bond acceptors (Lipinski definition) is 5. The topological polar surface area (TPSA) is 71.5 Å². The predicted octanol–water partition coefficient (Wildman–Crippen LogP) is 3.13. The molecule has 4 rings (SSSR count). The van der Waals surface area contributed by atoms with Crippen LogP contribution in [0.2, 0.25) is 0 Å². The fourth-order valence-corrected chi connectivity index (χ4v) is 4.14. The Labute approximate surface area is 182 Å². The Hall–Kier alpha value is -3.56. The lowest BCUT2D eigenvalue weighted by molar-refractivity contribution is -0.128. The summed E-state index contributed by atoms with van der Waals surface area (Å²) in [6.07, 6.45) is 4.07. The third-order valence-electron chi connectivity index (χ3n) is 5.64. The van der Waals surface area contributed by atoms with Crippen LogP contribution in [-0.2, 0) is 4.79 Å². The van der Waals surface area contributed by atoms with Crippen molar-refractivity contribution < 1.29 is 22.4 Å². The molecule has 1 unspecified atom stereocenters. The molecule has 0 bridgehead atoms. The van der Waals surface area contributed by atoms with Crippen molar-refractivity contribution in [3.8, 4) is 0 Å². The van der Waals surface area contributed by atoms with Gasteiger partial charge in [0.15, 0.2) is 17.5 Å². The van der Waals surface area contributed by atoms with E-state index in [1.807, 2.05) is 0 Å². The number of halogens is 4. The maximum Gasteiger partial charge on any atom is 0.272 e. The quantitative estimate of drug-likeness (QED) is 0.492. The van der Waals surface area contributed by atoms with Gasteiger partial charge in [-0.15, -0.1) is 0 Å². The van der Waals surface area contributed by atoms with Crippen LogP contribution in [0.3, 0.4) is 0 Å². The molecule has 3 aliphatic rings. The minimum atomic E-state index is -1.56. The molecule has 0 radical (unpaired) electrons. The number of carbonyl (C=O) groups excluding carboxylic acids is 1. The van der Waals surface area contributed by atoms with Gasteiger partial charge < -0.3 is 25.8 Å². The normalized spacial score (nSPS) is 22.0. The second-order valence-corrected chi connectivity index (χ2v) is 7.66. The van der Waals surface area contributed by atoms with E-state index in [9.17, 15) is 22.4 Å². The van der Waals surface area contributed by atoms with Crippen molar-refractivity contribution in [1.82, 2.24) is 20.4 Å². The van der Waals surface area contributed by atoms with Crippen LogP contribution >= 0.6 is 0 Å². The van der Waals surface area contributed by atoms with Gasteiger partial charge in [0.25, 0.3) is 5.91 Å². The third kappa shape index (κ3) is 3.65. The summed E-state index contributed by atoms with van der Waals surface area (Å²) in [4.78, 5) is 16.2. The molecule has 0 aliphatic carbocycles. The number of likely N-dealkylation sites (tertiary alicyclic amines) is 1. The largest absolute Gasteiger partial charge is 0.387 e. The Morgan fingerprint density at radius 1 is 1.22 bits per heavy atom. The summed E-state index contributed by atoms with van der Waals surface area (Å²) in [5, 5.41) is 14.4. The fraction of sp³-hybridized carbons (Fsp3) is 0.273. The molecular formula is C22H21F4N5O. The van der Waals surface area contributed by atoms with Gasteiger partial charge in [0.1, 0.15) is 17.7 Å². The Morgan fingerprint density at radius 3 is 2.53 bits per heavy atom. The maximum atomic E-state index is 13.7. The molecular weight excluding hydrogens is 426 g/mol. The van der Waals surface area contributed by atoms with Crippen LogP contribution in [0, 0.1) is 22.9 Å². The van der Waals surface area contributed by atoms with Crippen LogP contribution in [0.25, 0.3) is 5.70 Å². The van der Waals surface area contributed by atoms with Crippen molar-refractivity contribution >= 4 is 17.3 Å². The number of piperidine rings is 1. The van der Waals surface area contributed by atoms with Gasteiger partial charge in [-0.3, -0.25) is 4.79 Å². The Balaban J connectivity index is 1.58. The number of rotatable bonds is 3. The molecule has 0 saturated carbocycles. The monoisotopic (exact) mass is 447 g/mol. The molecule has 1 atom stereocenters. The fourth-order valence-electron chi connectivity index (χ4n) is 4.14. The number of hydrogen-bond donors (Lipinski definition) is 3. The number of amides is 1. The summed E-state index contributed by atoms with van der Waals surface area (Å²) in [7, 11) is 1.54. The van der Waals surface area contributed by atoms with Gasteiger partial charge in [0.05, 0.1) is 12.3 Å². The van der Waals surface area contributed by atoms with Crippen LogP contribution < -0.4 is 10.6 Å². The summed E-state index contributed by atoms with van der Waals surface area (Å²) < 4.78 is 54.5. The third-order valence-corrected chi connectivity index (χ3v) is 5.64. The highest BCUT2D eigenvalue weighted by Crippen LogP contribution is 2.30. The molecule has 1 aromatic carbocycles. The number of fused-ring (bicyclic) bond motifs is 1. The maximum absolute atomic E-state index is 13.7. The number of nitrogens with one attached hydrogen (secondary N) is 3. The molecule has 3 aliphatic heterocycles. The standard InChI is InChI=1S/C22H21F4N5O/c1-11-21(31-9-13(23)3-4-18(31)29-11)22(32)30-6-5-14(17(27)10-30)20(28-2)12-7-15(24)19(26)16(25)8-12/h3-4,7-9,18,27-29H,5-6,10H2,1-2H3/b20-14-,27-17?. The minimum Gasteiger partial charge on any atom is -0.387 e. The van der Waals surface area contributed by atoms with E-state index in [1.165, 1.54) is 29.1 Å². The molecule has 32 heavy (non-hydrogen) atoms. The van der Waals surface area contributed by atoms with Gasteiger partial charge in [-0.2, -0.15) is 0 Å². The van der Waals surface area contributed by atoms with Gasteiger partial charge in [-0.25, -0.2) is 17.6 Å². The Bertz CT molecular complexity index is 1110. The lowest BCUT2D eigenvalue weighted by Gasteiger charge is -2.33. The second kappa shape index (κ2) is 8.18. The Morgan fingerprint density at radius 2 is 1.91 bits per heavy atom. The van der Waals surface area contributed by atoms with Crippen LogP contribution in [-0.4, -0.2) is 47.7 Å². The molecule has 1 aromatic rings. The summed E-state index contributed by atoms with van der Waals surface area (Å²) in [5.74, 6) is -5.04. The SMILES string of the molecule is CN/C(=C1/CCN(C(=O)C2=C(C)NC3C=CC(F)=CN23)CC1=N)c1cc(F)c(F)c(F)c1. The molecule has 6 nitrogen and oxygen atoms in total. The number of allylic oxidation sites excluding steroid dienone is 3. The van der Waals surface area contributed by atoms with Crippen molar-refractivity contribution in [1.29, 1.82) is 5.41 Å². The molecule has 0 aromatic heterocycles. The first-order chi connectivity index (χ1) is 15.2. The zero-order valence-electron chi connectivity index (χ0n) is 17.4. The Kier molecular flexibility index (Phi) is 5.53. The van der Waals surface area contributed by atoms with Crippen molar-refractivity contribution in [2.24, 2.45) is 0 Å². The smallest absolute Gasteiger partial charge is 0.272 e. The second-order valence-electron chi connectivity index (χ2n) is 7.66. The number of nitrogens with zero attached hydrogens (tertiary/aromatic N) is 2. The molecule has 10 heteroatoms. The average molecular weight is 447 g/mol. The van der Waals surface area contributed by atoms with Gasteiger partial charge in [0.2, 0.25) is 0 Å². The first kappa shape index (κ1) is 21.7. The lowest BCUT2D eigenvalue weighted by Crippen LogP contribution is -2.45. The zero-order chi connectivity index (χ0) is 23.2. The summed E-state index contributed by atoms with van der Waals surface area (Å²) in [6.45, 7) is 1.93. The van der Waals surface area contributed by atoms with E-state index in [-0.39, 0.29) is 42.9 Å².